The molecule has 2 rings (SSSR count). The van der Waals surface area contributed by atoms with Crippen LogP contribution in [0.1, 0.15) is 19.8 Å². The predicted octanol–water partition coefficient (Wildman–Crippen LogP) is 3.74. The van der Waals surface area contributed by atoms with Crippen molar-refractivity contribution in [3.8, 4) is 0 Å². The number of pyridine rings is 1. The molecule has 0 atom stereocenters. The van der Waals surface area contributed by atoms with E-state index in [0.717, 1.165) is 12.8 Å². The molecule has 5 heteroatoms. The van der Waals surface area contributed by atoms with E-state index < -0.39 is 17.9 Å². The summed E-state index contributed by atoms with van der Waals surface area (Å²) >= 11 is 0. The van der Waals surface area contributed by atoms with Crippen LogP contribution in [0.4, 0.5) is 0 Å². The summed E-state index contributed by atoms with van der Waals surface area (Å²) in [5.74, 6) is 0.0165. The molecule has 0 saturated heterocycles. The number of aromatic nitrogens is 1. The molecule has 1 aromatic carbocycles. The van der Waals surface area contributed by atoms with Gasteiger partial charge < -0.3 is 0 Å². The number of sulfone groups is 1. The lowest BCUT2D eigenvalue weighted by Crippen LogP contribution is -2.44. The van der Waals surface area contributed by atoms with E-state index in [2.05, 4.69) is 49.3 Å². The zero-order chi connectivity index (χ0) is 17.6. The van der Waals surface area contributed by atoms with Gasteiger partial charge in [0.25, 0.3) is 0 Å². The van der Waals surface area contributed by atoms with Gasteiger partial charge in [-0.25, -0.2) is 13.4 Å². The number of allylic oxidation sites excluding steroid dienone is 1. The molecule has 24 heavy (non-hydrogen) atoms. The Hall–Kier alpha value is -1.72. The van der Waals surface area contributed by atoms with Crippen LogP contribution in [-0.4, -0.2) is 27.2 Å². The van der Waals surface area contributed by atoms with Crippen molar-refractivity contribution in [1.82, 2.24) is 4.98 Å². The molecule has 0 bridgehead atoms. The van der Waals surface area contributed by atoms with Gasteiger partial charge in [0.2, 0.25) is 0 Å². The van der Waals surface area contributed by atoms with E-state index in [1.165, 1.54) is 16.6 Å². The van der Waals surface area contributed by atoms with E-state index in [4.69, 9.17) is 0 Å². The lowest BCUT2D eigenvalue weighted by atomic mass is 10.3. The molecule has 0 amide bonds. The highest BCUT2D eigenvalue weighted by Gasteiger charge is 2.28. The van der Waals surface area contributed by atoms with Crippen molar-refractivity contribution in [3.05, 3.63) is 66.0 Å². The Morgan fingerprint density at radius 2 is 1.75 bits per heavy atom. The Kier molecular flexibility index (Phi) is 6.13. The van der Waals surface area contributed by atoms with Crippen molar-refractivity contribution in [2.45, 2.75) is 37.9 Å². The van der Waals surface area contributed by atoms with Crippen LogP contribution in [0.2, 0.25) is 13.1 Å². The van der Waals surface area contributed by atoms with Gasteiger partial charge in [-0.1, -0.05) is 79.3 Å². The van der Waals surface area contributed by atoms with Crippen molar-refractivity contribution >= 4 is 23.1 Å². The molecule has 128 valence electrons. The van der Waals surface area contributed by atoms with E-state index >= 15 is 0 Å². The van der Waals surface area contributed by atoms with Crippen LogP contribution in [-0.2, 0) is 9.84 Å². The fourth-order valence-electron chi connectivity index (χ4n) is 2.81. The minimum Gasteiger partial charge on any atom is -0.245 e. The fraction of sp³-hybridized carbons (Fsp3) is 0.316. The summed E-state index contributed by atoms with van der Waals surface area (Å²) in [4.78, 5) is 3.99. The van der Waals surface area contributed by atoms with Gasteiger partial charge >= 0.3 is 0 Å². The summed E-state index contributed by atoms with van der Waals surface area (Å²) in [5, 5.41) is 2.77. The molecule has 2 aromatic rings. The highest BCUT2D eigenvalue weighted by molar-refractivity contribution is 7.91. The second-order valence-electron chi connectivity index (χ2n) is 6.42. The van der Waals surface area contributed by atoms with E-state index in [9.17, 15) is 8.42 Å². The third-order valence-electron chi connectivity index (χ3n) is 4.32. The second-order valence-corrected chi connectivity index (χ2v) is 12.9. The van der Waals surface area contributed by atoms with Crippen molar-refractivity contribution in [2.75, 3.05) is 5.75 Å². The van der Waals surface area contributed by atoms with Gasteiger partial charge in [-0.2, -0.15) is 0 Å². The van der Waals surface area contributed by atoms with Crippen molar-refractivity contribution in [2.24, 2.45) is 0 Å². The van der Waals surface area contributed by atoms with Crippen LogP contribution in [0.3, 0.4) is 0 Å². The van der Waals surface area contributed by atoms with Gasteiger partial charge in [0, 0.05) is 6.20 Å². The highest BCUT2D eigenvalue weighted by atomic mass is 32.2. The Balaban J connectivity index is 2.32. The molecular formula is C19H25NO2SSi. The number of benzene rings is 1. The van der Waals surface area contributed by atoms with Gasteiger partial charge in [0.15, 0.2) is 14.9 Å². The van der Waals surface area contributed by atoms with Crippen LogP contribution in [0.5, 0.6) is 0 Å². The summed E-state index contributed by atoms with van der Waals surface area (Å²) in [7, 11) is -5.24. The standard InChI is InChI=1S/C19H25NO2SSi/c1-4-10-17(24(2,3)18-11-6-5-7-12-18)14-16-23(21,22)19-13-8-9-15-20-19/h5-9,11-15H,4,10,16H2,1-3H3/b17-14+. The van der Waals surface area contributed by atoms with Gasteiger partial charge in [0.05, 0.1) is 5.75 Å². The van der Waals surface area contributed by atoms with Crippen LogP contribution >= 0.6 is 0 Å². The van der Waals surface area contributed by atoms with E-state index in [-0.39, 0.29) is 10.8 Å². The lowest BCUT2D eigenvalue weighted by molar-refractivity contribution is 0.595. The van der Waals surface area contributed by atoms with Crippen LogP contribution in [0.25, 0.3) is 0 Å². The molecule has 0 unspecified atom stereocenters. The first kappa shape index (κ1) is 18.6. The Bertz CT molecular complexity index is 785. The number of nitrogens with zero attached hydrogens (tertiary/aromatic N) is 1. The molecule has 0 spiro atoms. The minimum atomic E-state index is -3.38. The summed E-state index contributed by atoms with van der Waals surface area (Å²) in [5.41, 5.74) is 0. The SMILES string of the molecule is CCC/C(=C\CS(=O)(=O)c1ccccn1)[Si](C)(C)c1ccccc1. The zero-order valence-corrected chi connectivity index (χ0v) is 16.4. The monoisotopic (exact) mass is 359 g/mol. The molecule has 0 fully saturated rings. The van der Waals surface area contributed by atoms with Gasteiger partial charge in [-0.05, 0) is 18.6 Å². The van der Waals surface area contributed by atoms with E-state index in [1.54, 1.807) is 18.2 Å². The van der Waals surface area contributed by atoms with Crippen LogP contribution in [0.15, 0.2) is 71.0 Å². The molecule has 0 N–H and O–H groups in total. The third-order valence-corrected chi connectivity index (χ3v) is 9.64. The van der Waals surface area contributed by atoms with Crippen molar-refractivity contribution in [3.63, 3.8) is 0 Å². The smallest absolute Gasteiger partial charge is 0.199 e. The quantitative estimate of drug-likeness (QED) is 0.708. The summed E-state index contributed by atoms with van der Waals surface area (Å²) in [6, 6.07) is 15.4. The number of hydrogen-bond acceptors (Lipinski definition) is 3. The summed E-state index contributed by atoms with van der Waals surface area (Å²) < 4.78 is 25.0. The average molecular weight is 360 g/mol. The molecule has 0 aliphatic heterocycles. The van der Waals surface area contributed by atoms with E-state index in [0.29, 0.717) is 0 Å². The molecular weight excluding hydrogens is 334 g/mol. The molecule has 0 aliphatic carbocycles. The van der Waals surface area contributed by atoms with Gasteiger partial charge in [-0.15, -0.1) is 0 Å². The molecule has 1 aromatic heterocycles. The molecule has 0 radical (unpaired) electrons. The second kappa shape index (κ2) is 7.90. The first-order valence-electron chi connectivity index (χ1n) is 8.26. The largest absolute Gasteiger partial charge is 0.245 e. The summed E-state index contributed by atoms with van der Waals surface area (Å²) in [6.45, 7) is 6.71. The van der Waals surface area contributed by atoms with Crippen LogP contribution < -0.4 is 5.19 Å². The number of rotatable bonds is 7. The maximum absolute atomic E-state index is 12.5. The fourth-order valence-corrected chi connectivity index (χ4v) is 6.94. The molecule has 3 nitrogen and oxygen atoms in total. The minimum absolute atomic E-state index is 0.0165. The first-order chi connectivity index (χ1) is 11.4. The van der Waals surface area contributed by atoms with Crippen molar-refractivity contribution in [1.29, 1.82) is 0 Å². The van der Waals surface area contributed by atoms with Crippen molar-refractivity contribution < 1.29 is 8.42 Å². The average Bonchev–Trinajstić information content (AvgIpc) is 2.60. The van der Waals surface area contributed by atoms with Crippen LogP contribution in [0, 0.1) is 0 Å². The predicted molar refractivity (Wildman–Crippen MR) is 103 cm³/mol. The van der Waals surface area contributed by atoms with Gasteiger partial charge in [-0.3, -0.25) is 0 Å². The topological polar surface area (TPSA) is 47.0 Å². The van der Waals surface area contributed by atoms with E-state index in [1.807, 2.05) is 12.1 Å². The molecule has 0 saturated carbocycles. The third kappa shape index (κ3) is 4.42. The molecule has 0 aliphatic rings. The first-order valence-corrected chi connectivity index (χ1v) is 12.9. The Morgan fingerprint density at radius 1 is 1.08 bits per heavy atom. The lowest BCUT2D eigenvalue weighted by Gasteiger charge is -2.27. The number of hydrogen-bond donors (Lipinski definition) is 0. The normalized spacial score (nSPS) is 13.0. The maximum Gasteiger partial charge on any atom is 0.199 e. The Labute approximate surface area is 146 Å². The zero-order valence-electron chi connectivity index (χ0n) is 14.6. The Morgan fingerprint density at radius 3 is 2.33 bits per heavy atom. The van der Waals surface area contributed by atoms with Gasteiger partial charge in [0.1, 0.15) is 8.07 Å². The maximum atomic E-state index is 12.5. The summed E-state index contributed by atoms with van der Waals surface area (Å²) in [6.07, 6.45) is 5.41. The molecule has 1 heterocycles. The highest BCUT2D eigenvalue weighted by Crippen LogP contribution is 2.21.